The Kier molecular flexibility index (Phi) is 4.20. The van der Waals surface area contributed by atoms with Crippen LogP contribution in [-0.2, 0) is 4.79 Å². The van der Waals surface area contributed by atoms with E-state index in [2.05, 4.69) is 14.9 Å². The van der Waals surface area contributed by atoms with Gasteiger partial charge in [0.1, 0.15) is 0 Å². The highest BCUT2D eigenvalue weighted by atomic mass is 16.7. The molecule has 25 heavy (non-hydrogen) atoms. The predicted octanol–water partition coefficient (Wildman–Crippen LogP) is 1.57. The number of rotatable bonds is 3. The average molecular weight is 338 g/mol. The Labute approximate surface area is 145 Å². The topological polar surface area (TPSA) is 67.8 Å². The summed E-state index contributed by atoms with van der Waals surface area (Å²) in [5, 5.41) is 0. The fourth-order valence-electron chi connectivity index (χ4n) is 2.87. The van der Waals surface area contributed by atoms with E-state index in [0.29, 0.717) is 24.8 Å². The van der Waals surface area contributed by atoms with Crippen LogP contribution in [0.1, 0.15) is 5.56 Å². The van der Waals surface area contributed by atoms with Crippen molar-refractivity contribution < 1.29 is 14.3 Å². The number of hydrogen-bond acceptors (Lipinski definition) is 6. The number of benzene rings is 1. The van der Waals surface area contributed by atoms with E-state index in [1.807, 2.05) is 23.1 Å². The minimum atomic E-state index is 0.00583. The van der Waals surface area contributed by atoms with E-state index < -0.39 is 0 Å². The Morgan fingerprint density at radius 1 is 1.04 bits per heavy atom. The molecule has 1 fully saturated rings. The number of carbonyl (C=O) groups excluding carboxylic acids is 1. The summed E-state index contributed by atoms with van der Waals surface area (Å²) in [6.45, 7) is 3.02. The molecule has 7 heteroatoms. The maximum atomic E-state index is 12.4. The van der Waals surface area contributed by atoms with E-state index >= 15 is 0 Å². The van der Waals surface area contributed by atoms with Crippen molar-refractivity contribution in [3.63, 3.8) is 0 Å². The lowest BCUT2D eigenvalue weighted by atomic mass is 10.2. The Morgan fingerprint density at radius 2 is 1.80 bits per heavy atom. The van der Waals surface area contributed by atoms with E-state index in [-0.39, 0.29) is 12.7 Å². The molecule has 1 saturated heterocycles. The highest BCUT2D eigenvalue weighted by molar-refractivity contribution is 5.92. The zero-order valence-electron chi connectivity index (χ0n) is 13.7. The molecule has 1 aromatic carbocycles. The van der Waals surface area contributed by atoms with Crippen LogP contribution in [0.2, 0.25) is 0 Å². The highest BCUT2D eigenvalue weighted by Crippen LogP contribution is 2.32. The van der Waals surface area contributed by atoms with Crippen LogP contribution in [0.25, 0.3) is 6.08 Å². The predicted molar refractivity (Wildman–Crippen MR) is 92.4 cm³/mol. The van der Waals surface area contributed by atoms with Gasteiger partial charge >= 0.3 is 0 Å². The number of hydrogen-bond donors (Lipinski definition) is 0. The molecular weight excluding hydrogens is 320 g/mol. The van der Waals surface area contributed by atoms with Crippen molar-refractivity contribution in [3.05, 3.63) is 48.3 Å². The molecule has 4 rings (SSSR count). The van der Waals surface area contributed by atoms with Gasteiger partial charge in [0.05, 0.1) is 0 Å². The lowest BCUT2D eigenvalue weighted by molar-refractivity contribution is -0.126. The second-order valence-corrected chi connectivity index (χ2v) is 5.81. The molecule has 2 aliphatic rings. The molecular formula is C18H18N4O3. The van der Waals surface area contributed by atoms with Crippen molar-refractivity contribution in [2.45, 2.75) is 0 Å². The summed E-state index contributed by atoms with van der Waals surface area (Å²) >= 11 is 0. The number of amides is 1. The smallest absolute Gasteiger partial charge is 0.246 e. The number of carbonyl (C=O) groups is 1. The van der Waals surface area contributed by atoms with Crippen LogP contribution in [0.5, 0.6) is 11.5 Å². The fraction of sp³-hybridized carbons (Fsp3) is 0.278. The van der Waals surface area contributed by atoms with Crippen molar-refractivity contribution in [2.24, 2.45) is 0 Å². The third-order valence-corrected chi connectivity index (χ3v) is 4.24. The van der Waals surface area contributed by atoms with Crippen molar-refractivity contribution in [1.82, 2.24) is 14.9 Å². The first kappa shape index (κ1) is 15.4. The van der Waals surface area contributed by atoms with Crippen LogP contribution in [0.3, 0.4) is 0 Å². The number of piperazine rings is 1. The molecule has 0 radical (unpaired) electrons. The van der Waals surface area contributed by atoms with Crippen LogP contribution in [0.15, 0.2) is 42.7 Å². The molecule has 0 atom stereocenters. The van der Waals surface area contributed by atoms with Gasteiger partial charge in [-0.15, -0.1) is 0 Å². The van der Waals surface area contributed by atoms with Crippen molar-refractivity contribution >= 4 is 17.9 Å². The van der Waals surface area contributed by atoms with Gasteiger partial charge in [-0.25, -0.2) is 9.97 Å². The number of ether oxygens (including phenoxy) is 2. The van der Waals surface area contributed by atoms with Crippen LogP contribution < -0.4 is 14.4 Å². The minimum Gasteiger partial charge on any atom is -0.454 e. The first-order valence-corrected chi connectivity index (χ1v) is 8.18. The lowest BCUT2D eigenvalue weighted by Crippen LogP contribution is -2.48. The minimum absolute atomic E-state index is 0.00583. The Bertz CT molecular complexity index is 786. The molecule has 1 amide bonds. The Balaban J connectivity index is 1.34. The molecule has 3 heterocycles. The number of fused-ring (bicyclic) bond motifs is 1. The first-order chi connectivity index (χ1) is 12.3. The van der Waals surface area contributed by atoms with Crippen LogP contribution in [0.4, 0.5) is 5.95 Å². The zero-order valence-corrected chi connectivity index (χ0v) is 13.7. The van der Waals surface area contributed by atoms with Crippen molar-refractivity contribution in [1.29, 1.82) is 0 Å². The molecule has 2 aliphatic heterocycles. The second-order valence-electron chi connectivity index (χ2n) is 5.81. The van der Waals surface area contributed by atoms with Gasteiger partial charge < -0.3 is 19.3 Å². The molecule has 2 aromatic rings. The SMILES string of the molecule is O=C(/C=C/c1ccc2c(c1)OCO2)N1CCN(c2ncccn2)CC1. The van der Waals surface area contributed by atoms with E-state index in [1.54, 1.807) is 30.6 Å². The van der Waals surface area contributed by atoms with Gasteiger partial charge in [-0.05, 0) is 29.8 Å². The Morgan fingerprint density at radius 3 is 2.60 bits per heavy atom. The molecule has 1 aromatic heterocycles. The fourth-order valence-corrected chi connectivity index (χ4v) is 2.87. The molecule has 128 valence electrons. The zero-order chi connectivity index (χ0) is 17.1. The molecule has 7 nitrogen and oxygen atoms in total. The van der Waals surface area contributed by atoms with Gasteiger partial charge in [0.2, 0.25) is 18.6 Å². The normalized spacial score (nSPS) is 16.5. The van der Waals surface area contributed by atoms with Gasteiger partial charge in [-0.1, -0.05) is 6.07 Å². The molecule has 0 saturated carbocycles. The standard InChI is InChI=1S/C18H18N4O3/c23-17(5-3-14-2-4-15-16(12-14)25-13-24-15)21-8-10-22(11-9-21)18-19-6-1-7-20-18/h1-7,12H,8-11,13H2/b5-3+. The number of anilines is 1. The van der Waals surface area contributed by atoms with Gasteiger partial charge in [0.15, 0.2) is 11.5 Å². The summed E-state index contributed by atoms with van der Waals surface area (Å²) in [5.41, 5.74) is 0.911. The Hall–Kier alpha value is -3.09. The lowest BCUT2D eigenvalue weighted by Gasteiger charge is -2.34. The third kappa shape index (κ3) is 3.40. The van der Waals surface area contributed by atoms with E-state index in [9.17, 15) is 4.79 Å². The maximum absolute atomic E-state index is 12.4. The largest absolute Gasteiger partial charge is 0.454 e. The number of nitrogens with zero attached hydrogens (tertiary/aromatic N) is 4. The summed E-state index contributed by atoms with van der Waals surface area (Å²) in [7, 11) is 0. The van der Waals surface area contributed by atoms with Gasteiger partial charge in [-0.2, -0.15) is 0 Å². The van der Waals surface area contributed by atoms with Gasteiger partial charge in [-0.3, -0.25) is 4.79 Å². The van der Waals surface area contributed by atoms with Gasteiger partial charge in [0.25, 0.3) is 0 Å². The van der Waals surface area contributed by atoms with Crippen molar-refractivity contribution in [2.75, 3.05) is 37.9 Å². The van der Waals surface area contributed by atoms with E-state index in [4.69, 9.17) is 9.47 Å². The van der Waals surface area contributed by atoms with Crippen LogP contribution >= 0.6 is 0 Å². The average Bonchev–Trinajstić information content (AvgIpc) is 3.15. The van der Waals surface area contributed by atoms with Crippen LogP contribution in [0, 0.1) is 0 Å². The monoisotopic (exact) mass is 338 g/mol. The molecule has 0 aliphatic carbocycles. The summed E-state index contributed by atoms with van der Waals surface area (Å²) in [4.78, 5) is 24.8. The van der Waals surface area contributed by atoms with E-state index in [0.717, 1.165) is 24.4 Å². The first-order valence-electron chi connectivity index (χ1n) is 8.18. The van der Waals surface area contributed by atoms with Crippen LogP contribution in [-0.4, -0.2) is 53.7 Å². The molecule has 0 spiro atoms. The summed E-state index contributed by atoms with van der Waals surface area (Å²) in [5.74, 6) is 2.17. The quantitative estimate of drug-likeness (QED) is 0.792. The summed E-state index contributed by atoms with van der Waals surface area (Å²) < 4.78 is 10.6. The summed E-state index contributed by atoms with van der Waals surface area (Å²) in [6.07, 6.45) is 6.87. The van der Waals surface area contributed by atoms with Gasteiger partial charge in [0, 0.05) is 44.6 Å². The molecule has 0 N–H and O–H groups in total. The highest BCUT2D eigenvalue weighted by Gasteiger charge is 2.21. The number of aromatic nitrogens is 2. The second kappa shape index (κ2) is 6.80. The van der Waals surface area contributed by atoms with E-state index in [1.165, 1.54) is 0 Å². The molecule has 0 unspecified atom stereocenters. The third-order valence-electron chi connectivity index (χ3n) is 4.24. The maximum Gasteiger partial charge on any atom is 0.246 e. The summed E-state index contributed by atoms with van der Waals surface area (Å²) in [6, 6.07) is 7.42. The van der Waals surface area contributed by atoms with Crippen molar-refractivity contribution in [3.8, 4) is 11.5 Å². The molecule has 0 bridgehead atoms.